The van der Waals surface area contributed by atoms with E-state index in [2.05, 4.69) is 9.97 Å². The van der Waals surface area contributed by atoms with Gasteiger partial charge in [-0.15, -0.1) is 0 Å². The fourth-order valence-corrected chi connectivity index (χ4v) is 2.72. The van der Waals surface area contributed by atoms with Crippen LogP contribution in [0.15, 0.2) is 42.7 Å². The molecule has 1 atom stereocenters. The van der Waals surface area contributed by atoms with Crippen LogP contribution in [0.25, 0.3) is 0 Å². The Morgan fingerprint density at radius 1 is 1.19 bits per heavy atom. The minimum atomic E-state index is -1.37. The van der Waals surface area contributed by atoms with Gasteiger partial charge in [0.2, 0.25) is 0 Å². The molecule has 0 radical (unpaired) electrons. The Morgan fingerprint density at radius 2 is 1.90 bits per heavy atom. The summed E-state index contributed by atoms with van der Waals surface area (Å²) in [7, 11) is 0. The van der Waals surface area contributed by atoms with E-state index in [1.807, 2.05) is 24.3 Å². The van der Waals surface area contributed by atoms with Gasteiger partial charge >= 0.3 is 6.01 Å². The minimum Gasteiger partial charge on any atom is -0.424 e. The highest BCUT2D eigenvalue weighted by molar-refractivity contribution is 6.67. The van der Waals surface area contributed by atoms with Crippen LogP contribution >= 0.6 is 34.8 Å². The maximum atomic E-state index is 5.88. The Bertz CT molecular complexity index is 628. The second-order valence-corrected chi connectivity index (χ2v) is 7.25. The summed E-state index contributed by atoms with van der Waals surface area (Å²) in [6.07, 6.45) is 3.51. The first kappa shape index (κ1) is 14.9. The molecule has 0 spiro atoms. The lowest BCUT2D eigenvalue weighted by Gasteiger charge is -2.18. The monoisotopic (exact) mass is 344 g/mol. The van der Waals surface area contributed by atoms with Gasteiger partial charge in [0.15, 0.2) is 3.79 Å². The Hall–Kier alpha value is -1.07. The van der Waals surface area contributed by atoms with Crippen molar-refractivity contribution in [3.63, 3.8) is 0 Å². The molecule has 0 amide bonds. The molecule has 21 heavy (non-hydrogen) atoms. The number of hydrogen-bond acceptors (Lipinski definition) is 4. The average Bonchev–Trinajstić information content (AvgIpc) is 3.19. The van der Waals surface area contributed by atoms with E-state index in [0.717, 1.165) is 5.56 Å². The average molecular weight is 346 g/mol. The second kappa shape index (κ2) is 5.61. The third kappa shape index (κ3) is 3.77. The van der Waals surface area contributed by atoms with Crippen LogP contribution in [0.1, 0.15) is 12.0 Å². The van der Waals surface area contributed by atoms with Crippen LogP contribution in [0.2, 0.25) is 0 Å². The van der Waals surface area contributed by atoms with Crippen LogP contribution < -0.4 is 4.74 Å². The Kier molecular flexibility index (Phi) is 3.97. The van der Waals surface area contributed by atoms with Crippen molar-refractivity contribution in [3.8, 4) is 11.8 Å². The van der Waals surface area contributed by atoms with Crippen molar-refractivity contribution in [2.75, 3.05) is 6.61 Å². The van der Waals surface area contributed by atoms with Crippen molar-refractivity contribution >= 4 is 34.8 Å². The first-order valence-electron chi connectivity index (χ1n) is 6.23. The maximum Gasteiger partial charge on any atom is 0.321 e. The van der Waals surface area contributed by atoms with E-state index in [0.29, 0.717) is 12.4 Å². The van der Waals surface area contributed by atoms with E-state index in [1.54, 1.807) is 18.5 Å². The number of aromatic nitrogens is 2. The normalized spacial score (nSPS) is 21.1. The SMILES string of the molecule is ClC(Cl)(Cl)CC1(c2cccc(Oc3ncccn3)c2)CO1. The smallest absolute Gasteiger partial charge is 0.321 e. The standard InChI is InChI=1S/C14H11Cl3N2O2/c15-14(16,17)8-13(9-20-13)10-3-1-4-11(7-10)21-12-18-5-2-6-19-12/h1-7H,8-9H2. The molecule has 2 aromatic rings. The topological polar surface area (TPSA) is 47.5 Å². The highest BCUT2D eigenvalue weighted by Crippen LogP contribution is 2.50. The highest BCUT2D eigenvalue weighted by atomic mass is 35.6. The highest BCUT2D eigenvalue weighted by Gasteiger charge is 2.51. The number of benzene rings is 1. The van der Waals surface area contributed by atoms with Gasteiger partial charge in [-0.3, -0.25) is 0 Å². The van der Waals surface area contributed by atoms with Crippen molar-refractivity contribution in [3.05, 3.63) is 48.3 Å². The Balaban J connectivity index is 1.81. The molecule has 110 valence electrons. The van der Waals surface area contributed by atoms with Gasteiger partial charge in [0.1, 0.15) is 11.4 Å². The zero-order valence-corrected chi connectivity index (χ0v) is 13.1. The number of nitrogens with zero attached hydrogens (tertiary/aromatic N) is 2. The molecule has 3 rings (SSSR count). The molecule has 4 nitrogen and oxygen atoms in total. The fraction of sp³-hybridized carbons (Fsp3) is 0.286. The number of halogens is 3. The second-order valence-electron chi connectivity index (χ2n) is 4.74. The number of hydrogen-bond donors (Lipinski definition) is 0. The zero-order chi connectivity index (χ0) is 14.9. The van der Waals surface area contributed by atoms with Gasteiger partial charge in [-0.1, -0.05) is 46.9 Å². The molecular formula is C14H11Cl3N2O2. The summed E-state index contributed by atoms with van der Waals surface area (Å²) < 4.78 is 9.75. The van der Waals surface area contributed by atoms with E-state index in [9.17, 15) is 0 Å². The predicted molar refractivity (Wildman–Crippen MR) is 81.1 cm³/mol. The summed E-state index contributed by atoms with van der Waals surface area (Å²) in [6, 6.07) is 9.43. The van der Waals surface area contributed by atoms with E-state index < -0.39 is 9.39 Å². The lowest BCUT2D eigenvalue weighted by molar-refractivity contribution is 0.294. The van der Waals surface area contributed by atoms with Crippen LogP contribution in [-0.2, 0) is 10.3 Å². The summed E-state index contributed by atoms with van der Waals surface area (Å²) in [5.74, 6) is 0.609. The van der Waals surface area contributed by atoms with Gasteiger partial charge in [-0.25, -0.2) is 9.97 Å². The number of alkyl halides is 3. The summed E-state index contributed by atoms with van der Waals surface area (Å²) >= 11 is 17.6. The fourth-order valence-electron chi connectivity index (χ4n) is 2.07. The van der Waals surface area contributed by atoms with Crippen LogP contribution in [0.5, 0.6) is 11.8 Å². The van der Waals surface area contributed by atoms with E-state index in [4.69, 9.17) is 44.3 Å². The van der Waals surface area contributed by atoms with Crippen LogP contribution in [0, 0.1) is 0 Å². The summed E-state index contributed by atoms with van der Waals surface area (Å²) in [5, 5.41) is 0. The molecule has 0 N–H and O–H groups in total. The van der Waals surface area contributed by atoms with Crippen LogP contribution in [0.4, 0.5) is 0 Å². The molecule has 1 fully saturated rings. The van der Waals surface area contributed by atoms with E-state index >= 15 is 0 Å². The van der Waals surface area contributed by atoms with E-state index in [-0.39, 0.29) is 12.4 Å². The van der Waals surface area contributed by atoms with Crippen LogP contribution in [-0.4, -0.2) is 20.4 Å². The van der Waals surface area contributed by atoms with Crippen molar-refractivity contribution in [2.45, 2.75) is 15.8 Å². The third-order valence-corrected chi connectivity index (χ3v) is 3.49. The molecule has 1 aromatic heterocycles. The quantitative estimate of drug-likeness (QED) is 0.614. The first-order valence-corrected chi connectivity index (χ1v) is 7.36. The largest absolute Gasteiger partial charge is 0.424 e. The van der Waals surface area contributed by atoms with Crippen LogP contribution in [0.3, 0.4) is 0 Å². The molecule has 1 aromatic carbocycles. The Morgan fingerprint density at radius 3 is 2.52 bits per heavy atom. The third-order valence-electron chi connectivity index (χ3n) is 3.09. The van der Waals surface area contributed by atoms with Crippen molar-refractivity contribution in [1.29, 1.82) is 0 Å². The van der Waals surface area contributed by atoms with Gasteiger partial charge in [0.05, 0.1) is 6.61 Å². The zero-order valence-electron chi connectivity index (χ0n) is 10.8. The van der Waals surface area contributed by atoms with Crippen molar-refractivity contribution in [1.82, 2.24) is 9.97 Å². The van der Waals surface area contributed by atoms with Gasteiger partial charge < -0.3 is 9.47 Å². The molecule has 1 aliphatic rings. The number of epoxide rings is 1. The first-order chi connectivity index (χ1) is 9.97. The van der Waals surface area contributed by atoms with Gasteiger partial charge in [0, 0.05) is 18.8 Å². The van der Waals surface area contributed by atoms with E-state index in [1.165, 1.54) is 0 Å². The molecule has 1 aliphatic heterocycles. The van der Waals surface area contributed by atoms with Gasteiger partial charge in [0.25, 0.3) is 0 Å². The molecular weight excluding hydrogens is 335 g/mol. The van der Waals surface area contributed by atoms with Crippen molar-refractivity contribution in [2.24, 2.45) is 0 Å². The molecule has 0 bridgehead atoms. The lowest BCUT2D eigenvalue weighted by atomic mass is 9.97. The molecule has 0 saturated carbocycles. The Labute approximate surface area is 137 Å². The molecule has 0 aliphatic carbocycles. The minimum absolute atomic E-state index is 0.279. The maximum absolute atomic E-state index is 5.88. The van der Waals surface area contributed by atoms with Gasteiger partial charge in [-0.2, -0.15) is 0 Å². The number of ether oxygens (including phenoxy) is 2. The summed E-state index contributed by atoms with van der Waals surface area (Å²) in [4.78, 5) is 8.03. The molecule has 7 heteroatoms. The predicted octanol–water partition coefficient (Wildman–Crippen LogP) is 4.25. The lowest BCUT2D eigenvalue weighted by Crippen LogP contribution is -2.18. The summed E-state index contributed by atoms with van der Waals surface area (Å²) in [6.45, 7) is 0.520. The van der Waals surface area contributed by atoms with Crippen molar-refractivity contribution < 1.29 is 9.47 Å². The summed E-state index contributed by atoms with van der Waals surface area (Å²) in [5.41, 5.74) is 0.351. The molecule has 2 heterocycles. The molecule has 1 unspecified atom stereocenters. The molecule has 1 saturated heterocycles. The van der Waals surface area contributed by atoms with Gasteiger partial charge in [-0.05, 0) is 23.8 Å². The number of rotatable bonds is 4.